The summed E-state index contributed by atoms with van der Waals surface area (Å²) in [4.78, 5) is 15.8. The Balaban J connectivity index is 1.79. The number of rotatable bonds is 7. The summed E-state index contributed by atoms with van der Waals surface area (Å²) in [7, 11) is 2.02. The Bertz CT molecular complexity index is 578. The summed E-state index contributed by atoms with van der Waals surface area (Å²) < 4.78 is 6.97. The summed E-state index contributed by atoms with van der Waals surface area (Å²) in [6, 6.07) is 8.08. The maximum Gasteiger partial charge on any atom is 0.305 e. The van der Waals surface area contributed by atoms with Crippen LogP contribution in [0.4, 0.5) is 0 Å². The van der Waals surface area contributed by atoms with Crippen LogP contribution in [-0.2, 0) is 23.1 Å². The standard InChI is InChI=1S/C15H21N3O2/c1-3-20-15(19)9-6-10-16-11-14-17-12-7-4-5-8-13(12)18(14)2/h4-5,7-8,16H,3,6,9-11H2,1-2H3. The maximum absolute atomic E-state index is 11.2. The number of benzene rings is 1. The van der Waals surface area contributed by atoms with Crippen LogP contribution in [0.5, 0.6) is 0 Å². The molecular weight excluding hydrogens is 254 g/mol. The molecule has 0 saturated carbocycles. The molecule has 0 amide bonds. The lowest BCUT2D eigenvalue weighted by Gasteiger charge is -2.05. The second kappa shape index (κ2) is 7.05. The Kier molecular flexibility index (Phi) is 5.12. The quantitative estimate of drug-likeness (QED) is 0.620. The van der Waals surface area contributed by atoms with Gasteiger partial charge in [-0.05, 0) is 32.0 Å². The van der Waals surface area contributed by atoms with Crippen LogP contribution in [0.2, 0.25) is 0 Å². The first-order valence-electron chi connectivity index (χ1n) is 6.99. The van der Waals surface area contributed by atoms with E-state index < -0.39 is 0 Å². The fraction of sp³-hybridized carbons (Fsp3) is 0.467. The predicted octanol–water partition coefficient (Wildman–Crippen LogP) is 2.01. The van der Waals surface area contributed by atoms with E-state index in [1.807, 2.05) is 32.2 Å². The fourth-order valence-corrected chi connectivity index (χ4v) is 2.14. The summed E-state index contributed by atoms with van der Waals surface area (Å²) in [6.45, 7) is 3.75. The van der Waals surface area contributed by atoms with Gasteiger partial charge in [-0.1, -0.05) is 12.1 Å². The summed E-state index contributed by atoms with van der Waals surface area (Å²) in [5, 5.41) is 3.31. The van der Waals surface area contributed by atoms with Gasteiger partial charge >= 0.3 is 5.97 Å². The van der Waals surface area contributed by atoms with Gasteiger partial charge in [0.15, 0.2) is 0 Å². The third kappa shape index (κ3) is 3.57. The van der Waals surface area contributed by atoms with Gasteiger partial charge in [0.05, 0.1) is 24.2 Å². The number of ether oxygens (including phenoxy) is 1. The Labute approximate surface area is 118 Å². The van der Waals surface area contributed by atoms with Gasteiger partial charge in [0.2, 0.25) is 0 Å². The molecule has 0 radical (unpaired) electrons. The molecule has 108 valence electrons. The van der Waals surface area contributed by atoms with Crippen molar-refractivity contribution >= 4 is 17.0 Å². The van der Waals surface area contributed by atoms with Gasteiger partial charge in [-0.25, -0.2) is 4.98 Å². The minimum atomic E-state index is -0.128. The molecule has 0 saturated heterocycles. The van der Waals surface area contributed by atoms with E-state index in [0.29, 0.717) is 19.6 Å². The van der Waals surface area contributed by atoms with Gasteiger partial charge in [0.1, 0.15) is 5.82 Å². The highest BCUT2D eigenvalue weighted by molar-refractivity contribution is 5.75. The number of carbonyl (C=O) groups excluding carboxylic acids is 1. The number of aromatic nitrogens is 2. The first kappa shape index (κ1) is 14.5. The minimum absolute atomic E-state index is 0.128. The Hall–Kier alpha value is -1.88. The lowest BCUT2D eigenvalue weighted by molar-refractivity contribution is -0.143. The molecule has 0 aliphatic rings. The van der Waals surface area contributed by atoms with Crippen LogP contribution in [0, 0.1) is 0 Å². The molecule has 1 N–H and O–H groups in total. The van der Waals surface area contributed by atoms with Crippen LogP contribution in [0.3, 0.4) is 0 Å². The Morgan fingerprint density at radius 2 is 2.20 bits per heavy atom. The number of carbonyl (C=O) groups is 1. The van der Waals surface area contributed by atoms with E-state index in [-0.39, 0.29) is 5.97 Å². The van der Waals surface area contributed by atoms with Crippen molar-refractivity contribution in [1.82, 2.24) is 14.9 Å². The van der Waals surface area contributed by atoms with Crippen LogP contribution in [0.1, 0.15) is 25.6 Å². The number of nitrogens with zero attached hydrogens (tertiary/aromatic N) is 2. The van der Waals surface area contributed by atoms with Gasteiger partial charge in [-0.2, -0.15) is 0 Å². The molecule has 5 nitrogen and oxygen atoms in total. The summed E-state index contributed by atoms with van der Waals surface area (Å²) in [5.74, 6) is 0.874. The molecule has 0 fully saturated rings. The molecule has 5 heteroatoms. The lowest BCUT2D eigenvalue weighted by atomic mass is 10.3. The third-order valence-electron chi connectivity index (χ3n) is 3.20. The zero-order valence-corrected chi connectivity index (χ0v) is 12.1. The molecule has 0 aliphatic carbocycles. The number of imidazole rings is 1. The normalized spacial score (nSPS) is 10.9. The number of hydrogen-bond donors (Lipinski definition) is 1. The Morgan fingerprint density at radius 1 is 1.40 bits per heavy atom. The van der Waals surface area contributed by atoms with Crippen molar-refractivity contribution in [2.24, 2.45) is 7.05 Å². The second-order valence-corrected chi connectivity index (χ2v) is 4.66. The first-order chi connectivity index (χ1) is 9.72. The van der Waals surface area contributed by atoms with Crippen molar-refractivity contribution in [3.05, 3.63) is 30.1 Å². The summed E-state index contributed by atoms with van der Waals surface area (Å²) in [5.41, 5.74) is 2.15. The van der Waals surface area contributed by atoms with Gasteiger partial charge in [-0.15, -0.1) is 0 Å². The lowest BCUT2D eigenvalue weighted by Crippen LogP contribution is -2.18. The largest absolute Gasteiger partial charge is 0.466 e. The molecule has 0 unspecified atom stereocenters. The van der Waals surface area contributed by atoms with Crippen molar-refractivity contribution in [3.63, 3.8) is 0 Å². The maximum atomic E-state index is 11.2. The van der Waals surface area contributed by atoms with Crippen molar-refractivity contribution < 1.29 is 9.53 Å². The van der Waals surface area contributed by atoms with E-state index in [2.05, 4.69) is 20.9 Å². The highest BCUT2D eigenvalue weighted by Gasteiger charge is 2.06. The average Bonchev–Trinajstić information content (AvgIpc) is 2.76. The van der Waals surface area contributed by atoms with Crippen LogP contribution in [0.25, 0.3) is 11.0 Å². The van der Waals surface area contributed by atoms with E-state index >= 15 is 0 Å². The van der Waals surface area contributed by atoms with Crippen LogP contribution in [0.15, 0.2) is 24.3 Å². The molecule has 0 spiro atoms. The van der Waals surface area contributed by atoms with Crippen LogP contribution in [-0.4, -0.2) is 28.7 Å². The summed E-state index contributed by atoms with van der Waals surface area (Å²) >= 11 is 0. The van der Waals surface area contributed by atoms with E-state index in [9.17, 15) is 4.79 Å². The highest BCUT2D eigenvalue weighted by atomic mass is 16.5. The smallest absolute Gasteiger partial charge is 0.305 e. The van der Waals surface area contributed by atoms with E-state index in [1.165, 1.54) is 0 Å². The number of hydrogen-bond acceptors (Lipinski definition) is 4. The minimum Gasteiger partial charge on any atom is -0.466 e. The Morgan fingerprint density at radius 3 is 2.95 bits per heavy atom. The molecule has 1 aromatic carbocycles. The van der Waals surface area contributed by atoms with Crippen molar-refractivity contribution in [1.29, 1.82) is 0 Å². The van der Waals surface area contributed by atoms with Crippen LogP contribution < -0.4 is 5.32 Å². The molecule has 0 atom stereocenters. The fourth-order valence-electron chi connectivity index (χ4n) is 2.14. The molecule has 0 bridgehead atoms. The predicted molar refractivity (Wildman–Crippen MR) is 78.3 cm³/mol. The van der Waals surface area contributed by atoms with Crippen molar-refractivity contribution in [3.8, 4) is 0 Å². The number of nitrogens with one attached hydrogen (secondary N) is 1. The van der Waals surface area contributed by atoms with Gasteiger partial charge in [-0.3, -0.25) is 4.79 Å². The number of fused-ring (bicyclic) bond motifs is 1. The van der Waals surface area contributed by atoms with Crippen molar-refractivity contribution in [2.75, 3.05) is 13.2 Å². The number of para-hydroxylation sites is 2. The van der Waals surface area contributed by atoms with E-state index in [4.69, 9.17) is 4.74 Å². The van der Waals surface area contributed by atoms with Gasteiger partial charge < -0.3 is 14.6 Å². The molecule has 2 rings (SSSR count). The molecular formula is C15H21N3O2. The first-order valence-corrected chi connectivity index (χ1v) is 6.99. The zero-order valence-electron chi connectivity index (χ0n) is 12.1. The van der Waals surface area contributed by atoms with Gasteiger partial charge in [0.25, 0.3) is 0 Å². The second-order valence-electron chi connectivity index (χ2n) is 4.66. The highest BCUT2D eigenvalue weighted by Crippen LogP contribution is 2.13. The average molecular weight is 275 g/mol. The molecule has 0 aliphatic heterocycles. The number of esters is 1. The molecule has 1 aromatic heterocycles. The topological polar surface area (TPSA) is 56.1 Å². The van der Waals surface area contributed by atoms with E-state index in [0.717, 1.165) is 29.8 Å². The van der Waals surface area contributed by atoms with Crippen molar-refractivity contribution in [2.45, 2.75) is 26.3 Å². The van der Waals surface area contributed by atoms with Gasteiger partial charge in [0, 0.05) is 13.5 Å². The molecule has 1 heterocycles. The number of aryl methyl sites for hydroxylation is 1. The molecule has 20 heavy (non-hydrogen) atoms. The van der Waals surface area contributed by atoms with E-state index in [1.54, 1.807) is 0 Å². The van der Waals surface area contributed by atoms with Crippen LogP contribution >= 0.6 is 0 Å². The zero-order chi connectivity index (χ0) is 14.4. The summed E-state index contributed by atoms with van der Waals surface area (Å²) in [6.07, 6.45) is 1.24. The molecule has 2 aromatic rings. The monoisotopic (exact) mass is 275 g/mol. The third-order valence-corrected chi connectivity index (χ3v) is 3.20. The SMILES string of the molecule is CCOC(=O)CCCNCc1nc2ccccc2n1C.